The number of carbonyl (C=O) groups is 1. The molecule has 2 heterocycles. The lowest BCUT2D eigenvalue weighted by Crippen LogP contribution is -2.28. The Morgan fingerprint density at radius 1 is 1.22 bits per heavy atom. The number of primary amides is 1. The summed E-state index contributed by atoms with van der Waals surface area (Å²) < 4.78 is 16.6. The molecule has 1 aromatic carbocycles. The van der Waals surface area contributed by atoms with Crippen molar-refractivity contribution in [2.45, 2.75) is 51.6 Å². The van der Waals surface area contributed by atoms with Gasteiger partial charge >= 0.3 is 0 Å². The van der Waals surface area contributed by atoms with E-state index in [1.807, 2.05) is 18.4 Å². The van der Waals surface area contributed by atoms with Crippen LogP contribution in [0.15, 0.2) is 18.3 Å². The molecule has 0 bridgehead atoms. The van der Waals surface area contributed by atoms with E-state index >= 15 is 0 Å². The molecule has 11 heteroatoms. The Bertz CT molecular complexity index is 1140. The van der Waals surface area contributed by atoms with E-state index in [-0.39, 0.29) is 39.6 Å². The summed E-state index contributed by atoms with van der Waals surface area (Å²) in [4.78, 5) is 25.2. The molecule has 0 atom stereocenters. The number of anilines is 3. The minimum Gasteiger partial charge on any atom is -0.369 e. The maximum Gasteiger partial charge on any atom is 0.224 e. The summed E-state index contributed by atoms with van der Waals surface area (Å²) in [7, 11) is 0. The van der Waals surface area contributed by atoms with E-state index < -0.39 is 5.82 Å². The molecule has 4 N–H and O–H groups in total. The van der Waals surface area contributed by atoms with Crippen LogP contribution >= 0.6 is 23.2 Å². The Kier molecular flexibility index (Phi) is 6.39. The first kappa shape index (κ1) is 22.5. The minimum atomic E-state index is -0.591. The molecule has 0 saturated heterocycles. The number of carbonyl (C=O) groups excluding carboxylic acids is 1. The summed E-state index contributed by atoms with van der Waals surface area (Å²) in [5.74, 6) is -0.151. The van der Waals surface area contributed by atoms with Crippen molar-refractivity contribution in [1.82, 2.24) is 19.5 Å². The molecule has 32 heavy (non-hydrogen) atoms. The third-order valence-corrected chi connectivity index (χ3v) is 6.07. The van der Waals surface area contributed by atoms with Gasteiger partial charge in [-0.15, -0.1) is 0 Å². The molecule has 0 aliphatic heterocycles. The molecule has 0 unspecified atom stereocenters. The van der Waals surface area contributed by atoms with Crippen LogP contribution in [0.3, 0.4) is 0 Å². The molecule has 8 nitrogen and oxygen atoms in total. The third-order valence-electron chi connectivity index (χ3n) is 5.56. The fourth-order valence-electron chi connectivity index (χ4n) is 4.04. The van der Waals surface area contributed by atoms with Crippen LogP contribution < -0.4 is 16.4 Å². The molecular formula is C21H24Cl2FN7O. The Hall–Kier alpha value is -2.65. The number of amides is 1. The number of aromatic nitrogens is 4. The topological polar surface area (TPSA) is 111 Å². The molecule has 170 valence electrons. The van der Waals surface area contributed by atoms with E-state index in [1.165, 1.54) is 12.1 Å². The van der Waals surface area contributed by atoms with Crippen LogP contribution in [0, 0.1) is 11.7 Å². The van der Waals surface area contributed by atoms with Gasteiger partial charge in [-0.25, -0.2) is 14.4 Å². The number of hydrogen-bond acceptors (Lipinski definition) is 6. The maximum atomic E-state index is 14.6. The maximum absolute atomic E-state index is 14.6. The van der Waals surface area contributed by atoms with Crippen molar-refractivity contribution >= 4 is 57.9 Å². The number of hydrogen-bond donors (Lipinski definition) is 3. The van der Waals surface area contributed by atoms with Crippen LogP contribution in [-0.2, 0) is 4.79 Å². The van der Waals surface area contributed by atoms with E-state index in [4.69, 9.17) is 28.9 Å². The third kappa shape index (κ3) is 4.59. The van der Waals surface area contributed by atoms with E-state index in [1.54, 1.807) is 6.20 Å². The Balaban J connectivity index is 1.78. The van der Waals surface area contributed by atoms with Crippen molar-refractivity contribution in [2.24, 2.45) is 11.7 Å². The predicted octanol–water partition coefficient (Wildman–Crippen LogP) is 5.05. The zero-order valence-electron chi connectivity index (χ0n) is 17.7. The lowest BCUT2D eigenvalue weighted by molar-refractivity contribution is -0.122. The van der Waals surface area contributed by atoms with Crippen molar-refractivity contribution in [1.29, 1.82) is 0 Å². The second-order valence-corrected chi connectivity index (χ2v) is 9.13. The SMILES string of the molecule is CC(C)Nc1ncc2nc(Nc3c(F)cc(Cl)cc3Cl)n(C3CCC(C(N)=O)CC3)c2n1. The highest BCUT2D eigenvalue weighted by Crippen LogP contribution is 2.38. The molecule has 3 aromatic rings. The molecule has 0 spiro atoms. The summed E-state index contributed by atoms with van der Waals surface area (Å²) in [6.45, 7) is 3.99. The Morgan fingerprint density at radius 2 is 1.94 bits per heavy atom. The first-order valence-corrected chi connectivity index (χ1v) is 11.2. The van der Waals surface area contributed by atoms with Gasteiger partial charge in [-0.3, -0.25) is 9.36 Å². The molecule has 1 amide bonds. The first-order valence-electron chi connectivity index (χ1n) is 10.4. The molecule has 2 aromatic heterocycles. The number of nitrogens with one attached hydrogen (secondary N) is 2. The molecular weight excluding hydrogens is 456 g/mol. The van der Waals surface area contributed by atoms with Gasteiger partial charge in [0.15, 0.2) is 5.65 Å². The second kappa shape index (κ2) is 9.07. The molecule has 1 saturated carbocycles. The van der Waals surface area contributed by atoms with Crippen molar-refractivity contribution in [3.8, 4) is 0 Å². The summed E-state index contributed by atoms with van der Waals surface area (Å²) in [5, 5.41) is 6.55. The van der Waals surface area contributed by atoms with Crippen LogP contribution in [-0.4, -0.2) is 31.5 Å². The minimum absolute atomic E-state index is 0.00552. The highest BCUT2D eigenvalue weighted by atomic mass is 35.5. The molecule has 1 fully saturated rings. The lowest BCUT2D eigenvalue weighted by Gasteiger charge is -2.29. The number of imidazole rings is 1. The van der Waals surface area contributed by atoms with Gasteiger partial charge < -0.3 is 16.4 Å². The zero-order chi connectivity index (χ0) is 23.0. The highest BCUT2D eigenvalue weighted by molar-refractivity contribution is 6.36. The second-order valence-electron chi connectivity index (χ2n) is 8.28. The van der Waals surface area contributed by atoms with E-state index in [0.717, 1.165) is 0 Å². The molecule has 1 aliphatic carbocycles. The van der Waals surface area contributed by atoms with E-state index in [2.05, 4.69) is 25.6 Å². The Labute approximate surface area is 194 Å². The summed E-state index contributed by atoms with van der Waals surface area (Å²) in [6.07, 6.45) is 4.38. The Morgan fingerprint density at radius 3 is 2.56 bits per heavy atom. The number of rotatable bonds is 6. The first-order chi connectivity index (χ1) is 15.2. The predicted molar refractivity (Wildman–Crippen MR) is 124 cm³/mol. The quantitative estimate of drug-likeness (QED) is 0.455. The van der Waals surface area contributed by atoms with E-state index in [0.29, 0.717) is 48.7 Å². The summed E-state index contributed by atoms with van der Waals surface area (Å²) >= 11 is 12.1. The molecule has 4 rings (SSSR count). The van der Waals surface area contributed by atoms with Crippen LogP contribution in [0.5, 0.6) is 0 Å². The van der Waals surface area contributed by atoms with Crippen molar-refractivity contribution in [3.05, 3.63) is 34.2 Å². The van der Waals surface area contributed by atoms with Crippen LogP contribution in [0.4, 0.5) is 22.0 Å². The van der Waals surface area contributed by atoms with Gasteiger partial charge in [-0.05, 0) is 51.7 Å². The van der Waals surface area contributed by atoms with Gasteiger partial charge in [0.1, 0.15) is 11.3 Å². The largest absolute Gasteiger partial charge is 0.369 e. The zero-order valence-corrected chi connectivity index (χ0v) is 19.2. The normalized spacial score (nSPS) is 18.8. The van der Waals surface area contributed by atoms with Gasteiger partial charge in [0, 0.05) is 23.0 Å². The average Bonchev–Trinajstić information content (AvgIpc) is 3.07. The van der Waals surface area contributed by atoms with E-state index in [9.17, 15) is 9.18 Å². The van der Waals surface area contributed by atoms with Crippen molar-refractivity contribution in [3.63, 3.8) is 0 Å². The van der Waals surface area contributed by atoms with Gasteiger partial charge in [0.25, 0.3) is 0 Å². The number of nitrogens with two attached hydrogens (primary N) is 1. The lowest BCUT2D eigenvalue weighted by atomic mass is 9.85. The molecule has 0 radical (unpaired) electrons. The van der Waals surface area contributed by atoms with Gasteiger partial charge in [0.2, 0.25) is 17.8 Å². The fourth-order valence-corrected chi connectivity index (χ4v) is 4.56. The van der Waals surface area contributed by atoms with Gasteiger partial charge in [0.05, 0.1) is 16.9 Å². The monoisotopic (exact) mass is 479 g/mol. The number of benzene rings is 1. The van der Waals surface area contributed by atoms with Gasteiger partial charge in [-0.1, -0.05) is 23.2 Å². The molecule has 1 aliphatic rings. The highest BCUT2D eigenvalue weighted by Gasteiger charge is 2.29. The van der Waals surface area contributed by atoms with Crippen molar-refractivity contribution < 1.29 is 9.18 Å². The number of fused-ring (bicyclic) bond motifs is 1. The standard InChI is InChI=1S/C21H24Cl2FN7O/c1-10(2)27-20-26-9-16-19(30-20)31(13-5-3-11(4-6-13)18(25)32)21(28-16)29-17-14(23)7-12(22)8-15(17)24/h7-11,13H,3-6H2,1-2H3,(H2,25,32)(H,28,29)(H,26,27,30). The number of halogens is 3. The van der Waals surface area contributed by atoms with Crippen LogP contribution in [0.1, 0.15) is 45.6 Å². The number of nitrogens with zero attached hydrogens (tertiary/aromatic N) is 4. The fraction of sp³-hybridized carbons (Fsp3) is 0.429. The van der Waals surface area contributed by atoms with Crippen LogP contribution in [0.25, 0.3) is 11.2 Å². The summed E-state index contributed by atoms with van der Waals surface area (Å²) in [5.41, 5.74) is 6.74. The summed E-state index contributed by atoms with van der Waals surface area (Å²) in [6, 6.07) is 2.79. The van der Waals surface area contributed by atoms with Crippen molar-refractivity contribution in [2.75, 3.05) is 10.6 Å². The average molecular weight is 480 g/mol. The smallest absolute Gasteiger partial charge is 0.224 e. The van der Waals surface area contributed by atoms with Crippen LogP contribution in [0.2, 0.25) is 10.0 Å². The van der Waals surface area contributed by atoms with Gasteiger partial charge in [-0.2, -0.15) is 4.98 Å².